The second-order valence-electron chi connectivity index (χ2n) is 4.29. The molecule has 96 valence electrons. The van der Waals surface area contributed by atoms with Crippen molar-refractivity contribution in [2.45, 2.75) is 6.42 Å². The third kappa shape index (κ3) is 2.96. The van der Waals surface area contributed by atoms with Crippen molar-refractivity contribution in [3.63, 3.8) is 0 Å². The van der Waals surface area contributed by atoms with E-state index >= 15 is 0 Å². The number of halogens is 1. The van der Waals surface area contributed by atoms with E-state index in [0.717, 1.165) is 34.0 Å². The molecule has 0 saturated carbocycles. The zero-order valence-corrected chi connectivity index (χ0v) is 12.7. The van der Waals surface area contributed by atoms with Gasteiger partial charge in [-0.2, -0.15) is 0 Å². The first-order valence-corrected chi connectivity index (χ1v) is 7.81. The molecular formula is C15H13BrN2S. The predicted molar refractivity (Wildman–Crippen MR) is 86.0 cm³/mol. The molecule has 4 heteroatoms. The predicted octanol–water partition coefficient (Wildman–Crippen LogP) is 4.71. The highest BCUT2D eigenvalue weighted by molar-refractivity contribution is 9.10. The Kier molecular flexibility index (Phi) is 3.80. The molecule has 0 aliphatic heterocycles. The molecule has 0 bridgehead atoms. The Morgan fingerprint density at radius 1 is 1.21 bits per heavy atom. The quantitative estimate of drug-likeness (QED) is 0.748. The van der Waals surface area contributed by atoms with E-state index in [4.69, 9.17) is 0 Å². The molecule has 0 atom stereocenters. The first kappa shape index (κ1) is 12.6. The summed E-state index contributed by atoms with van der Waals surface area (Å²) in [5.41, 5.74) is 2.12. The van der Waals surface area contributed by atoms with Crippen molar-refractivity contribution in [1.82, 2.24) is 4.98 Å². The van der Waals surface area contributed by atoms with E-state index in [1.165, 1.54) is 4.88 Å². The fraction of sp³-hybridized carbons (Fsp3) is 0.133. The maximum atomic E-state index is 4.49. The molecule has 1 N–H and O–H groups in total. The highest BCUT2D eigenvalue weighted by atomic mass is 79.9. The van der Waals surface area contributed by atoms with Crippen LogP contribution in [0.3, 0.4) is 0 Å². The average Bonchev–Trinajstić information content (AvgIpc) is 2.92. The van der Waals surface area contributed by atoms with Gasteiger partial charge in [-0.25, -0.2) is 0 Å². The summed E-state index contributed by atoms with van der Waals surface area (Å²) < 4.78 is 1.01. The number of nitrogens with one attached hydrogen (secondary N) is 1. The molecule has 0 saturated heterocycles. The summed E-state index contributed by atoms with van der Waals surface area (Å²) in [4.78, 5) is 5.90. The molecule has 0 radical (unpaired) electrons. The van der Waals surface area contributed by atoms with E-state index in [2.05, 4.69) is 68.0 Å². The molecule has 3 rings (SSSR count). The third-order valence-corrected chi connectivity index (χ3v) is 4.31. The number of benzene rings is 1. The molecule has 2 heterocycles. The van der Waals surface area contributed by atoms with Crippen molar-refractivity contribution in [1.29, 1.82) is 0 Å². The van der Waals surface area contributed by atoms with Crippen molar-refractivity contribution < 1.29 is 0 Å². The van der Waals surface area contributed by atoms with Crippen LogP contribution in [0.25, 0.3) is 10.9 Å². The molecule has 0 fully saturated rings. The molecule has 2 aromatic heterocycles. The van der Waals surface area contributed by atoms with Crippen LogP contribution in [0.5, 0.6) is 0 Å². The first-order chi connectivity index (χ1) is 9.33. The maximum Gasteiger partial charge on any atom is 0.0934 e. The molecule has 0 aliphatic rings. The summed E-state index contributed by atoms with van der Waals surface area (Å²) in [7, 11) is 0. The van der Waals surface area contributed by atoms with E-state index in [1.54, 1.807) is 11.3 Å². The summed E-state index contributed by atoms with van der Waals surface area (Å²) in [5, 5.41) is 6.74. The standard InChI is InChI=1S/C15H13BrN2S/c16-12-9-11-3-1-5-14(15(11)18-10-12)17-7-6-13-4-2-8-19-13/h1-5,8-10,17H,6-7H2. The molecule has 3 aromatic rings. The maximum absolute atomic E-state index is 4.49. The number of thiophene rings is 1. The second kappa shape index (κ2) is 5.72. The Morgan fingerprint density at radius 2 is 2.16 bits per heavy atom. The normalized spacial score (nSPS) is 10.8. The minimum atomic E-state index is 0.928. The lowest BCUT2D eigenvalue weighted by Crippen LogP contribution is -2.04. The van der Waals surface area contributed by atoms with E-state index in [1.807, 2.05) is 6.20 Å². The second-order valence-corrected chi connectivity index (χ2v) is 6.23. The van der Waals surface area contributed by atoms with E-state index in [-0.39, 0.29) is 0 Å². The molecule has 0 amide bonds. The average molecular weight is 333 g/mol. The summed E-state index contributed by atoms with van der Waals surface area (Å²) in [6.07, 6.45) is 2.89. The number of anilines is 1. The molecule has 1 aromatic carbocycles. The van der Waals surface area contributed by atoms with Crippen molar-refractivity contribution in [2.75, 3.05) is 11.9 Å². The van der Waals surface area contributed by atoms with Gasteiger partial charge in [0.25, 0.3) is 0 Å². The number of hydrogen-bond acceptors (Lipinski definition) is 3. The Bertz CT molecular complexity index is 680. The van der Waals surface area contributed by atoms with Gasteiger partial charge in [0.15, 0.2) is 0 Å². The lowest BCUT2D eigenvalue weighted by Gasteiger charge is -2.08. The van der Waals surface area contributed by atoms with Crippen molar-refractivity contribution >= 4 is 43.9 Å². The molecule has 0 aliphatic carbocycles. The van der Waals surface area contributed by atoms with Gasteiger partial charge in [-0.15, -0.1) is 11.3 Å². The fourth-order valence-corrected chi connectivity index (χ4v) is 3.11. The lowest BCUT2D eigenvalue weighted by atomic mass is 10.2. The number of para-hydroxylation sites is 1. The van der Waals surface area contributed by atoms with Gasteiger partial charge in [-0.3, -0.25) is 4.98 Å². The van der Waals surface area contributed by atoms with Gasteiger partial charge in [-0.05, 0) is 45.9 Å². The molecule has 2 nitrogen and oxygen atoms in total. The van der Waals surface area contributed by atoms with Crippen LogP contribution in [-0.2, 0) is 6.42 Å². The van der Waals surface area contributed by atoms with Gasteiger partial charge < -0.3 is 5.32 Å². The fourth-order valence-electron chi connectivity index (χ4n) is 2.05. The van der Waals surface area contributed by atoms with Crippen molar-refractivity contribution in [2.24, 2.45) is 0 Å². The van der Waals surface area contributed by atoms with Gasteiger partial charge in [0.1, 0.15) is 0 Å². The molecular weight excluding hydrogens is 320 g/mol. The van der Waals surface area contributed by atoms with Crippen LogP contribution in [-0.4, -0.2) is 11.5 Å². The van der Waals surface area contributed by atoms with Crippen LogP contribution < -0.4 is 5.32 Å². The van der Waals surface area contributed by atoms with Crippen LogP contribution in [0.4, 0.5) is 5.69 Å². The Balaban J connectivity index is 1.77. The van der Waals surface area contributed by atoms with Gasteiger partial charge in [-0.1, -0.05) is 18.2 Å². The third-order valence-electron chi connectivity index (χ3n) is 2.94. The Labute approximate surface area is 124 Å². The number of rotatable bonds is 4. The summed E-state index contributed by atoms with van der Waals surface area (Å²) >= 11 is 5.26. The molecule has 0 spiro atoms. The highest BCUT2D eigenvalue weighted by Gasteiger charge is 2.02. The largest absolute Gasteiger partial charge is 0.383 e. The minimum absolute atomic E-state index is 0.928. The topological polar surface area (TPSA) is 24.9 Å². The monoisotopic (exact) mass is 332 g/mol. The van der Waals surface area contributed by atoms with Crippen LogP contribution in [0.1, 0.15) is 4.88 Å². The number of hydrogen-bond donors (Lipinski definition) is 1. The number of fused-ring (bicyclic) bond motifs is 1. The molecule has 0 unspecified atom stereocenters. The van der Waals surface area contributed by atoms with Crippen LogP contribution in [0.2, 0.25) is 0 Å². The Morgan fingerprint density at radius 3 is 3.00 bits per heavy atom. The first-order valence-electron chi connectivity index (χ1n) is 6.13. The van der Waals surface area contributed by atoms with Crippen LogP contribution in [0.15, 0.2) is 52.4 Å². The number of pyridine rings is 1. The zero-order chi connectivity index (χ0) is 13.1. The zero-order valence-electron chi connectivity index (χ0n) is 10.3. The van der Waals surface area contributed by atoms with Crippen molar-refractivity contribution in [3.05, 3.63) is 57.3 Å². The van der Waals surface area contributed by atoms with Gasteiger partial charge in [0, 0.05) is 27.5 Å². The highest BCUT2D eigenvalue weighted by Crippen LogP contribution is 2.24. The Hall–Kier alpha value is -1.39. The summed E-state index contributed by atoms with van der Waals surface area (Å²) in [6, 6.07) is 12.6. The van der Waals surface area contributed by atoms with Gasteiger partial charge in [0.05, 0.1) is 11.2 Å². The van der Waals surface area contributed by atoms with E-state index < -0.39 is 0 Å². The molecule has 19 heavy (non-hydrogen) atoms. The summed E-state index contributed by atoms with van der Waals surface area (Å²) in [6.45, 7) is 0.928. The number of aromatic nitrogens is 1. The van der Waals surface area contributed by atoms with Crippen molar-refractivity contribution in [3.8, 4) is 0 Å². The van der Waals surface area contributed by atoms with Gasteiger partial charge >= 0.3 is 0 Å². The summed E-state index contributed by atoms with van der Waals surface area (Å²) in [5.74, 6) is 0. The van der Waals surface area contributed by atoms with E-state index in [0.29, 0.717) is 0 Å². The smallest absolute Gasteiger partial charge is 0.0934 e. The minimum Gasteiger partial charge on any atom is -0.383 e. The van der Waals surface area contributed by atoms with E-state index in [9.17, 15) is 0 Å². The van der Waals surface area contributed by atoms with Crippen LogP contribution >= 0.6 is 27.3 Å². The van der Waals surface area contributed by atoms with Crippen LogP contribution in [0, 0.1) is 0 Å². The number of nitrogens with zero attached hydrogens (tertiary/aromatic N) is 1. The SMILES string of the molecule is Brc1cnc2c(NCCc3cccs3)cccc2c1. The lowest BCUT2D eigenvalue weighted by molar-refractivity contribution is 1.05. The van der Waals surface area contributed by atoms with Gasteiger partial charge in [0.2, 0.25) is 0 Å².